The number of carbonyl (C=O) groups excluding carboxylic acids is 1. The Balaban J connectivity index is 0.00000245. The molecule has 0 N–H and O–H groups in total. The number of para-hydroxylation sites is 2. The van der Waals surface area contributed by atoms with Crippen molar-refractivity contribution < 1.29 is 4.79 Å². The zero-order chi connectivity index (χ0) is 21.4. The molecule has 1 amide bonds. The first-order valence-electron chi connectivity index (χ1n) is 10.3. The van der Waals surface area contributed by atoms with Gasteiger partial charge in [-0.2, -0.15) is 0 Å². The number of fused-ring (bicyclic) bond motifs is 1. The minimum atomic E-state index is -0.0216. The van der Waals surface area contributed by atoms with E-state index in [1.807, 2.05) is 88.3 Å². The number of amides is 1. The molecular weight excluding hydrogens is 465 g/mol. The molecule has 164 valence electrons. The number of halogens is 3. The summed E-state index contributed by atoms with van der Waals surface area (Å²) in [7, 11) is 0. The number of carbonyl (C=O) groups is 1. The van der Waals surface area contributed by atoms with E-state index < -0.39 is 0 Å². The van der Waals surface area contributed by atoms with E-state index in [4.69, 9.17) is 23.2 Å². The first-order valence-corrected chi connectivity index (χ1v) is 11.0. The van der Waals surface area contributed by atoms with E-state index in [1.54, 1.807) is 0 Å². The number of anilines is 1. The highest BCUT2D eigenvalue weighted by atomic mass is 35.5. The van der Waals surface area contributed by atoms with Crippen LogP contribution in [0.5, 0.6) is 0 Å². The van der Waals surface area contributed by atoms with Crippen molar-refractivity contribution in [3.8, 4) is 5.69 Å². The summed E-state index contributed by atoms with van der Waals surface area (Å²) in [5.41, 5.74) is 3.56. The first-order chi connectivity index (χ1) is 15.1. The Morgan fingerprint density at radius 3 is 2.03 bits per heavy atom. The molecule has 5 rings (SSSR count). The van der Waals surface area contributed by atoms with Crippen LogP contribution in [0.2, 0.25) is 10.2 Å². The molecule has 1 fully saturated rings. The third kappa shape index (κ3) is 4.06. The van der Waals surface area contributed by atoms with Crippen LogP contribution in [0.1, 0.15) is 10.4 Å². The lowest BCUT2D eigenvalue weighted by Crippen LogP contribution is -2.48. The van der Waals surface area contributed by atoms with Crippen LogP contribution in [0.25, 0.3) is 16.6 Å². The van der Waals surface area contributed by atoms with E-state index >= 15 is 0 Å². The fourth-order valence-corrected chi connectivity index (χ4v) is 4.72. The third-order valence-electron chi connectivity index (χ3n) is 5.80. The van der Waals surface area contributed by atoms with Crippen LogP contribution in [0.4, 0.5) is 5.69 Å². The van der Waals surface area contributed by atoms with Gasteiger partial charge in [0.2, 0.25) is 0 Å². The van der Waals surface area contributed by atoms with Crippen molar-refractivity contribution >= 4 is 58.1 Å². The second kappa shape index (κ2) is 9.45. The summed E-state index contributed by atoms with van der Waals surface area (Å²) in [6.45, 7) is 2.82. The van der Waals surface area contributed by atoms with E-state index in [1.165, 1.54) is 0 Å². The zero-order valence-electron chi connectivity index (χ0n) is 17.2. The number of piperazine rings is 1. The van der Waals surface area contributed by atoms with Gasteiger partial charge in [-0.1, -0.05) is 59.6 Å². The van der Waals surface area contributed by atoms with Crippen LogP contribution < -0.4 is 4.90 Å². The second-order valence-corrected chi connectivity index (χ2v) is 8.40. The predicted molar refractivity (Wildman–Crippen MR) is 135 cm³/mol. The van der Waals surface area contributed by atoms with E-state index in [9.17, 15) is 4.79 Å². The molecule has 32 heavy (non-hydrogen) atoms. The fourth-order valence-electron chi connectivity index (χ4n) is 4.22. The lowest BCUT2D eigenvalue weighted by molar-refractivity contribution is 0.0749. The fraction of sp³-hybridized carbons (Fsp3) is 0.160. The number of benzene rings is 3. The summed E-state index contributed by atoms with van der Waals surface area (Å²) < 4.78 is 1.95. The van der Waals surface area contributed by atoms with Crippen LogP contribution in [0.15, 0.2) is 78.9 Å². The maximum Gasteiger partial charge on any atom is 0.257 e. The maximum absolute atomic E-state index is 13.6. The normalized spacial score (nSPS) is 13.8. The summed E-state index contributed by atoms with van der Waals surface area (Å²) >= 11 is 12.8. The SMILES string of the molecule is Cl.O=C(c1c(Cl)n(-c2ccccc2)c2ccccc12)N1CCN(c2ccc(Cl)cc2)CC1. The Labute approximate surface area is 203 Å². The summed E-state index contributed by atoms with van der Waals surface area (Å²) in [6.07, 6.45) is 0. The molecule has 1 aromatic heterocycles. The molecule has 3 aromatic carbocycles. The van der Waals surface area contributed by atoms with Gasteiger partial charge in [-0.3, -0.25) is 9.36 Å². The molecule has 0 saturated carbocycles. The Hall–Kier alpha value is -2.66. The lowest BCUT2D eigenvalue weighted by atomic mass is 10.1. The highest BCUT2D eigenvalue weighted by molar-refractivity contribution is 6.36. The minimum Gasteiger partial charge on any atom is -0.368 e. The second-order valence-electron chi connectivity index (χ2n) is 7.61. The largest absolute Gasteiger partial charge is 0.368 e. The number of aromatic nitrogens is 1. The average molecular weight is 487 g/mol. The van der Waals surface area contributed by atoms with Gasteiger partial charge in [0, 0.05) is 48.0 Å². The average Bonchev–Trinajstić information content (AvgIpc) is 3.11. The standard InChI is InChI=1S/C25H21Cl2N3O.ClH/c26-18-10-12-19(13-11-18)28-14-16-29(17-15-28)25(31)23-21-8-4-5-9-22(21)30(24(23)27)20-6-2-1-3-7-20;/h1-13H,14-17H2;1H. The molecule has 1 aliphatic heterocycles. The Morgan fingerprint density at radius 2 is 1.34 bits per heavy atom. The smallest absolute Gasteiger partial charge is 0.257 e. The van der Waals surface area contributed by atoms with Gasteiger partial charge < -0.3 is 9.80 Å². The van der Waals surface area contributed by atoms with Crippen molar-refractivity contribution in [1.29, 1.82) is 0 Å². The first kappa shape index (κ1) is 22.5. The molecule has 4 nitrogen and oxygen atoms in total. The van der Waals surface area contributed by atoms with Gasteiger partial charge in [0.1, 0.15) is 5.15 Å². The molecule has 0 radical (unpaired) electrons. The molecule has 1 aliphatic rings. The van der Waals surface area contributed by atoms with Crippen molar-refractivity contribution in [2.75, 3.05) is 31.1 Å². The molecular formula is C25H22Cl3N3O. The van der Waals surface area contributed by atoms with E-state index in [0.29, 0.717) is 23.8 Å². The lowest BCUT2D eigenvalue weighted by Gasteiger charge is -2.36. The van der Waals surface area contributed by atoms with Crippen molar-refractivity contribution in [2.45, 2.75) is 0 Å². The van der Waals surface area contributed by atoms with Gasteiger partial charge in [0.15, 0.2) is 0 Å². The van der Waals surface area contributed by atoms with Gasteiger partial charge in [0.25, 0.3) is 5.91 Å². The van der Waals surface area contributed by atoms with Crippen molar-refractivity contribution in [1.82, 2.24) is 9.47 Å². The number of nitrogens with zero attached hydrogens (tertiary/aromatic N) is 3. The molecule has 0 spiro atoms. The van der Waals surface area contributed by atoms with Crippen molar-refractivity contribution in [2.24, 2.45) is 0 Å². The van der Waals surface area contributed by atoms with E-state index in [2.05, 4.69) is 4.90 Å². The molecule has 0 bridgehead atoms. The topological polar surface area (TPSA) is 28.5 Å². The van der Waals surface area contributed by atoms with Gasteiger partial charge in [-0.15, -0.1) is 12.4 Å². The van der Waals surface area contributed by atoms with E-state index in [-0.39, 0.29) is 18.3 Å². The van der Waals surface area contributed by atoms with Crippen LogP contribution in [-0.4, -0.2) is 41.6 Å². The Kier molecular flexibility index (Phi) is 6.66. The summed E-state index contributed by atoms with van der Waals surface area (Å²) in [5, 5.41) is 2.06. The summed E-state index contributed by atoms with van der Waals surface area (Å²) in [4.78, 5) is 17.7. The van der Waals surface area contributed by atoms with Gasteiger partial charge in [0.05, 0.1) is 11.1 Å². The Bertz CT molecular complexity index is 1230. The molecule has 2 heterocycles. The quantitative estimate of drug-likeness (QED) is 0.339. The molecule has 7 heteroatoms. The third-order valence-corrected chi connectivity index (χ3v) is 6.41. The minimum absolute atomic E-state index is 0. The van der Waals surface area contributed by atoms with Gasteiger partial charge in [-0.05, 0) is 42.5 Å². The molecule has 0 atom stereocenters. The van der Waals surface area contributed by atoms with Crippen LogP contribution in [0, 0.1) is 0 Å². The number of hydrogen-bond acceptors (Lipinski definition) is 2. The van der Waals surface area contributed by atoms with Crippen molar-refractivity contribution in [3.05, 3.63) is 94.6 Å². The van der Waals surface area contributed by atoms with E-state index in [0.717, 1.165) is 40.4 Å². The molecule has 0 aliphatic carbocycles. The highest BCUT2D eigenvalue weighted by Gasteiger charge is 2.28. The van der Waals surface area contributed by atoms with Crippen LogP contribution in [-0.2, 0) is 0 Å². The summed E-state index contributed by atoms with van der Waals surface area (Å²) in [6, 6.07) is 25.6. The van der Waals surface area contributed by atoms with Gasteiger partial charge in [-0.25, -0.2) is 0 Å². The number of rotatable bonds is 3. The molecule has 1 saturated heterocycles. The monoisotopic (exact) mass is 485 g/mol. The predicted octanol–water partition coefficient (Wildman–Crippen LogP) is 6.32. The molecule has 4 aromatic rings. The van der Waals surface area contributed by atoms with Gasteiger partial charge >= 0.3 is 0 Å². The van der Waals surface area contributed by atoms with Crippen LogP contribution >= 0.6 is 35.6 Å². The number of hydrogen-bond donors (Lipinski definition) is 0. The Morgan fingerprint density at radius 1 is 0.719 bits per heavy atom. The molecule has 0 unspecified atom stereocenters. The van der Waals surface area contributed by atoms with Crippen molar-refractivity contribution in [3.63, 3.8) is 0 Å². The van der Waals surface area contributed by atoms with Crippen LogP contribution in [0.3, 0.4) is 0 Å². The summed E-state index contributed by atoms with van der Waals surface area (Å²) in [5.74, 6) is -0.0216. The maximum atomic E-state index is 13.6. The highest BCUT2D eigenvalue weighted by Crippen LogP contribution is 2.34. The zero-order valence-corrected chi connectivity index (χ0v) is 19.6.